The molecule has 1 saturated carbocycles. The Morgan fingerprint density at radius 1 is 1.35 bits per heavy atom. The van der Waals surface area contributed by atoms with Gasteiger partial charge in [-0.2, -0.15) is 0 Å². The highest BCUT2D eigenvalue weighted by molar-refractivity contribution is 5.90. The van der Waals surface area contributed by atoms with Crippen LogP contribution < -0.4 is 0 Å². The van der Waals surface area contributed by atoms with Crippen molar-refractivity contribution in [3.8, 4) is 0 Å². The summed E-state index contributed by atoms with van der Waals surface area (Å²) < 4.78 is 5.51. The summed E-state index contributed by atoms with van der Waals surface area (Å²) in [6.45, 7) is 1.96. The lowest BCUT2D eigenvalue weighted by molar-refractivity contribution is -0.155. The van der Waals surface area contributed by atoms with E-state index >= 15 is 0 Å². The number of benzene rings is 1. The Morgan fingerprint density at radius 3 is 2.65 bits per heavy atom. The molecule has 1 aromatic rings. The Kier molecular flexibility index (Phi) is 4.42. The number of esters is 1. The third-order valence-corrected chi connectivity index (χ3v) is 4.09. The molecule has 1 aliphatic rings. The minimum absolute atomic E-state index is 0.431. The molecule has 0 aliphatic heterocycles. The molecule has 2 unspecified atom stereocenters. The molecule has 4 nitrogen and oxygen atoms in total. The van der Waals surface area contributed by atoms with E-state index in [-0.39, 0.29) is 0 Å². The lowest BCUT2D eigenvalue weighted by atomic mass is 9.80. The van der Waals surface area contributed by atoms with Crippen molar-refractivity contribution in [1.82, 2.24) is 0 Å². The molecule has 2 rings (SSSR count). The first kappa shape index (κ1) is 14.6. The van der Waals surface area contributed by atoms with E-state index in [2.05, 4.69) is 0 Å². The number of carbonyl (C=O) groups excluding carboxylic acids is 1. The largest absolute Gasteiger partial charge is 0.481 e. The number of rotatable bonds is 5. The molecule has 1 fully saturated rings. The van der Waals surface area contributed by atoms with Gasteiger partial charge in [0.2, 0.25) is 0 Å². The molecule has 0 heterocycles. The molecule has 4 heteroatoms. The van der Waals surface area contributed by atoms with Gasteiger partial charge in [0, 0.05) is 0 Å². The van der Waals surface area contributed by atoms with Crippen LogP contribution >= 0.6 is 0 Å². The van der Waals surface area contributed by atoms with Crippen LogP contribution in [0.2, 0.25) is 0 Å². The molecule has 2 atom stereocenters. The first-order chi connectivity index (χ1) is 9.60. The molecule has 0 spiro atoms. The van der Waals surface area contributed by atoms with Crippen LogP contribution in [0.15, 0.2) is 30.3 Å². The maximum absolute atomic E-state index is 12.1. The van der Waals surface area contributed by atoms with Crippen molar-refractivity contribution in [2.45, 2.75) is 45.1 Å². The number of hydrogen-bond acceptors (Lipinski definition) is 3. The molecule has 0 bridgehead atoms. The SMILES string of the molecule is CCCC1(C(=O)O)CCCC1OC(=O)c1ccccc1. The number of ether oxygens (including phenoxy) is 1. The highest BCUT2D eigenvalue weighted by Gasteiger charge is 2.50. The molecule has 1 N–H and O–H groups in total. The van der Waals surface area contributed by atoms with E-state index < -0.39 is 23.5 Å². The number of carboxylic acids is 1. The van der Waals surface area contributed by atoms with Crippen molar-refractivity contribution >= 4 is 11.9 Å². The Bertz CT molecular complexity index is 483. The van der Waals surface area contributed by atoms with Crippen LogP contribution in [0.5, 0.6) is 0 Å². The number of aliphatic carboxylic acids is 1. The van der Waals surface area contributed by atoms with Crippen LogP contribution in [0.4, 0.5) is 0 Å². The van der Waals surface area contributed by atoms with Gasteiger partial charge < -0.3 is 9.84 Å². The van der Waals surface area contributed by atoms with E-state index in [4.69, 9.17) is 4.74 Å². The van der Waals surface area contributed by atoms with Crippen molar-refractivity contribution in [3.05, 3.63) is 35.9 Å². The van der Waals surface area contributed by atoms with Gasteiger partial charge in [-0.25, -0.2) is 4.79 Å². The molecule has 1 aromatic carbocycles. The second kappa shape index (κ2) is 6.07. The van der Waals surface area contributed by atoms with E-state index in [1.54, 1.807) is 24.3 Å². The van der Waals surface area contributed by atoms with Gasteiger partial charge in [0.15, 0.2) is 0 Å². The van der Waals surface area contributed by atoms with Crippen LogP contribution in [0.3, 0.4) is 0 Å². The van der Waals surface area contributed by atoms with Gasteiger partial charge in [0.05, 0.1) is 5.56 Å². The average molecular weight is 276 g/mol. The van der Waals surface area contributed by atoms with Gasteiger partial charge in [-0.3, -0.25) is 4.79 Å². The fraction of sp³-hybridized carbons (Fsp3) is 0.500. The highest BCUT2D eigenvalue weighted by atomic mass is 16.5. The topological polar surface area (TPSA) is 63.6 Å². The zero-order chi connectivity index (χ0) is 14.6. The van der Waals surface area contributed by atoms with Crippen LogP contribution in [0.1, 0.15) is 49.4 Å². The fourth-order valence-corrected chi connectivity index (χ4v) is 3.07. The van der Waals surface area contributed by atoms with Crippen LogP contribution in [-0.4, -0.2) is 23.1 Å². The average Bonchev–Trinajstić information content (AvgIpc) is 2.84. The van der Waals surface area contributed by atoms with Crippen molar-refractivity contribution < 1.29 is 19.4 Å². The zero-order valence-electron chi connectivity index (χ0n) is 11.7. The Labute approximate surface area is 118 Å². The summed E-state index contributed by atoms with van der Waals surface area (Å²) in [7, 11) is 0. The summed E-state index contributed by atoms with van der Waals surface area (Å²) in [5.74, 6) is -1.28. The summed E-state index contributed by atoms with van der Waals surface area (Å²) in [4.78, 5) is 23.8. The first-order valence-corrected chi connectivity index (χ1v) is 7.09. The van der Waals surface area contributed by atoms with Crippen molar-refractivity contribution in [1.29, 1.82) is 0 Å². The fourth-order valence-electron chi connectivity index (χ4n) is 3.07. The van der Waals surface area contributed by atoms with Crippen LogP contribution in [0.25, 0.3) is 0 Å². The second-order valence-electron chi connectivity index (χ2n) is 5.36. The minimum Gasteiger partial charge on any atom is -0.481 e. The lowest BCUT2D eigenvalue weighted by Gasteiger charge is -2.30. The Balaban J connectivity index is 2.15. The van der Waals surface area contributed by atoms with Crippen molar-refractivity contribution in [2.24, 2.45) is 5.41 Å². The van der Waals surface area contributed by atoms with Gasteiger partial charge in [-0.1, -0.05) is 31.5 Å². The summed E-state index contributed by atoms with van der Waals surface area (Å²) in [6, 6.07) is 8.72. The summed E-state index contributed by atoms with van der Waals surface area (Å²) in [6.07, 6.45) is 2.81. The van der Waals surface area contributed by atoms with Gasteiger partial charge in [0.1, 0.15) is 11.5 Å². The van der Waals surface area contributed by atoms with Crippen molar-refractivity contribution in [3.63, 3.8) is 0 Å². The third-order valence-electron chi connectivity index (χ3n) is 4.09. The Hall–Kier alpha value is -1.84. The first-order valence-electron chi connectivity index (χ1n) is 7.09. The third kappa shape index (κ3) is 2.69. The monoisotopic (exact) mass is 276 g/mol. The lowest BCUT2D eigenvalue weighted by Crippen LogP contribution is -2.41. The summed E-state index contributed by atoms with van der Waals surface area (Å²) >= 11 is 0. The molecular formula is C16H20O4. The van der Waals surface area contributed by atoms with E-state index in [1.807, 2.05) is 13.0 Å². The van der Waals surface area contributed by atoms with Crippen LogP contribution in [-0.2, 0) is 9.53 Å². The quantitative estimate of drug-likeness (QED) is 0.838. The maximum Gasteiger partial charge on any atom is 0.338 e. The van der Waals surface area contributed by atoms with Gasteiger partial charge in [0.25, 0.3) is 0 Å². The highest BCUT2D eigenvalue weighted by Crippen LogP contribution is 2.44. The minimum atomic E-state index is -0.904. The molecule has 0 aromatic heterocycles. The number of hydrogen-bond donors (Lipinski definition) is 1. The standard InChI is InChI=1S/C16H20O4/c1-2-10-16(15(18)19)11-6-9-13(16)20-14(17)12-7-4-3-5-8-12/h3-5,7-8,13H,2,6,9-11H2,1H3,(H,18,19). The molecule has 0 saturated heterocycles. The molecule has 20 heavy (non-hydrogen) atoms. The maximum atomic E-state index is 12.1. The number of carboxylic acid groups (broad SMARTS) is 1. The van der Waals surface area contributed by atoms with Crippen molar-refractivity contribution in [2.75, 3.05) is 0 Å². The van der Waals surface area contributed by atoms with E-state index in [0.717, 1.165) is 12.8 Å². The summed E-state index contributed by atoms with van der Waals surface area (Å²) in [5, 5.41) is 9.56. The Morgan fingerprint density at radius 2 is 2.05 bits per heavy atom. The zero-order valence-corrected chi connectivity index (χ0v) is 11.7. The van der Waals surface area contributed by atoms with E-state index in [0.29, 0.717) is 24.8 Å². The predicted octanol–water partition coefficient (Wildman–Crippen LogP) is 3.27. The summed E-state index contributed by atoms with van der Waals surface area (Å²) in [5.41, 5.74) is -0.436. The predicted molar refractivity (Wildman–Crippen MR) is 74.5 cm³/mol. The molecule has 1 aliphatic carbocycles. The van der Waals surface area contributed by atoms with Crippen LogP contribution in [0, 0.1) is 5.41 Å². The second-order valence-corrected chi connectivity index (χ2v) is 5.36. The molecule has 108 valence electrons. The van der Waals surface area contributed by atoms with E-state index in [9.17, 15) is 14.7 Å². The van der Waals surface area contributed by atoms with Gasteiger partial charge >= 0.3 is 11.9 Å². The molecule has 0 radical (unpaired) electrons. The number of carbonyl (C=O) groups is 2. The normalized spacial score (nSPS) is 25.4. The van der Waals surface area contributed by atoms with Gasteiger partial charge in [-0.05, 0) is 37.8 Å². The molecular weight excluding hydrogens is 256 g/mol. The van der Waals surface area contributed by atoms with Gasteiger partial charge in [-0.15, -0.1) is 0 Å². The smallest absolute Gasteiger partial charge is 0.338 e. The molecule has 0 amide bonds. The van der Waals surface area contributed by atoms with E-state index in [1.165, 1.54) is 0 Å².